The van der Waals surface area contributed by atoms with Gasteiger partial charge in [-0.15, -0.1) is 0 Å². The lowest BCUT2D eigenvalue weighted by Crippen LogP contribution is -2.36. The van der Waals surface area contributed by atoms with Crippen LogP contribution in [0.25, 0.3) is 0 Å². The van der Waals surface area contributed by atoms with Gasteiger partial charge in [-0.25, -0.2) is 0 Å². The molecule has 1 heterocycles. The van der Waals surface area contributed by atoms with Crippen LogP contribution in [0, 0.1) is 6.92 Å². The molecule has 1 aliphatic rings. The fraction of sp³-hybridized carbons (Fsp3) is 0.409. The van der Waals surface area contributed by atoms with Gasteiger partial charge < -0.3 is 19.1 Å². The highest BCUT2D eigenvalue weighted by Crippen LogP contribution is 2.33. The molecule has 5 nitrogen and oxygen atoms in total. The van der Waals surface area contributed by atoms with Gasteiger partial charge in [-0.2, -0.15) is 0 Å². The highest BCUT2D eigenvalue weighted by Gasteiger charge is 2.22. The molecule has 0 atom stereocenters. The molecule has 0 radical (unpaired) electrons. The van der Waals surface area contributed by atoms with Crippen molar-refractivity contribution in [3.63, 3.8) is 0 Å². The number of hydrogen-bond acceptors (Lipinski definition) is 4. The Morgan fingerprint density at radius 2 is 1.82 bits per heavy atom. The first-order valence-corrected chi connectivity index (χ1v) is 9.80. The summed E-state index contributed by atoms with van der Waals surface area (Å²) in [5.41, 5.74) is 3.31. The molecule has 2 aromatic rings. The van der Waals surface area contributed by atoms with E-state index in [1.165, 1.54) is 5.56 Å². The third kappa shape index (κ3) is 4.71. The van der Waals surface area contributed by atoms with Crippen LogP contribution in [0.3, 0.4) is 0 Å². The molecule has 0 spiro atoms. The summed E-state index contributed by atoms with van der Waals surface area (Å²) in [4.78, 5) is 14.5. The summed E-state index contributed by atoms with van der Waals surface area (Å²) in [5.74, 6) is 2.36. The van der Waals surface area contributed by atoms with Gasteiger partial charge in [-0.1, -0.05) is 11.6 Å². The molecule has 0 bridgehead atoms. The van der Waals surface area contributed by atoms with Gasteiger partial charge in [0.2, 0.25) is 5.91 Å². The Kier molecular flexibility index (Phi) is 6.68. The molecule has 150 valence electrons. The van der Waals surface area contributed by atoms with Gasteiger partial charge in [0.05, 0.1) is 20.8 Å². The Hall–Kier alpha value is -2.40. The van der Waals surface area contributed by atoms with Crippen LogP contribution in [0.1, 0.15) is 29.5 Å². The highest BCUT2D eigenvalue weighted by atomic mass is 35.5. The number of aryl methyl sites for hydroxylation is 1. The van der Waals surface area contributed by atoms with Crippen LogP contribution in [0.2, 0.25) is 5.02 Å². The second-order valence-corrected chi connectivity index (χ2v) is 7.31. The minimum Gasteiger partial charge on any atom is -0.494 e. The van der Waals surface area contributed by atoms with E-state index in [9.17, 15) is 4.79 Å². The van der Waals surface area contributed by atoms with Crippen molar-refractivity contribution in [1.29, 1.82) is 0 Å². The van der Waals surface area contributed by atoms with Gasteiger partial charge in [-0.3, -0.25) is 4.79 Å². The molecule has 0 aromatic heterocycles. The largest absolute Gasteiger partial charge is 0.494 e. The Balaban J connectivity index is 1.51. The van der Waals surface area contributed by atoms with E-state index >= 15 is 0 Å². The predicted octanol–water partition coefficient (Wildman–Crippen LogP) is 4.41. The van der Waals surface area contributed by atoms with Crippen molar-refractivity contribution in [2.45, 2.75) is 32.7 Å². The first kappa shape index (κ1) is 20.3. The normalized spacial score (nSPS) is 13.1. The van der Waals surface area contributed by atoms with Crippen molar-refractivity contribution < 1.29 is 19.0 Å². The Morgan fingerprint density at radius 1 is 1.11 bits per heavy atom. The van der Waals surface area contributed by atoms with E-state index in [1.807, 2.05) is 42.2 Å². The fourth-order valence-electron chi connectivity index (χ4n) is 3.37. The molecular weight excluding hydrogens is 378 g/mol. The Labute approximate surface area is 171 Å². The first-order valence-electron chi connectivity index (χ1n) is 9.42. The number of nitrogens with zero attached hydrogens (tertiary/aromatic N) is 1. The lowest BCUT2D eigenvalue weighted by Gasteiger charge is -2.29. The molecule has 1 aliphatic heterocycles. The zero-order valence-corrected chi connectivity index (χ0v) is 17.3. The van der Waals surface area contributed by atoms with Gasteiger partial charge in [0.15, 0.2) is 11.5 Å². The average Bonchev–Trinajstić information content (AvgIpc) is 2.71. The third-order valence-corrected chi connectivity index (χ3v) is 5.43. The number of carbonyl (C=O) groups is 1. The molecule has 0 saturated carbocycles. The molecule has 0 saturated heterocycles. The molecule has 2 aromatic carbocycles. The second kappa shape index (κ2) is 9.20. The molecule has 0 fully saturated rings. The topological polar surface area (TPSA) is 48.0 Å². The van der Waals surface area contributed by atoms with Crippen molar-refractivity contribution >= 4 is 17.5 Å². The van der Waals surface area contributed by atoms with Gasteiger partial charge in [0.1, 0.15) is 5.75 Å². The Morgan fingerprint density at radius 3 is 2.50 bits per heavy atom. The van der Waals surface area contributed by atoms with Crippen molar-refractivity contribution in [3.8, 4) is 17.2 Å². The van der Waals surface area contributed by atoms with E-state index in [0.717, 1.165) is 40.6 Å². The van der Waals surface area contributed by atoms with Crippen LogP contribution < -0.4 is 14.2 Å². The number of rotatable bonds is 7. The number of hydrogen-bond donors (Lipinski definition) is 0. The van der Waals surface area contributed by atoms with Crippen LogP contribution in [0.5, 0.6) is 17.2 Å². The van der Waals surface area contributed by atoms with Gasteiger partial charge in [0.25, 0.3) is 0 Å². The van der Waals surface area contributed by atoms with Crippen molar-refractivity contribution in [2.24, 2.45) is 0 Å². The summed E-state index contributed by atoms with van der Waals surface area (Å²) in [5, 5.41) is 0.724. The molecular formula is C22H26ClNO4. The van der Waals surface area contributed by atoms with Gasteiger partial charge in [-0.05, 0) is 66.8 Å². The quantitative estimate of drug-likeness (QED) is 0.642. The molecule has 1 amide bonds. The molecule has 0 unspecified atom stereocenters. The molecule has 0 aliphatic carbocycles. The Bertz CT molecular complexity index is 853. The number of carbonyl (C=O) groups excluding carboxylic acids is 1. The van der Waals surface area contributed by atoms with Crippen LogP contribution in [-0.2, 0) is 17.8 Å². The number of amides is 1. The van der Waals surface area contributed by atoms with Crippen LogP contribution in [0.4, 0.5) is 0 Å². The number of halogens is 1. The zero-order chi connectivity index (χ0) is 20.1. The maximum atomic E-state index is 12.6. The maximum Gasteiger partial charge on any atom is 0.223 e. The van der Waals surface area contributed by atoms with Crippen molar-refractivity contribution in [3.05, 3.63) is 52.0 Å². The minimum atomic E-state index is 0.149. The lowest BCUT2D eigenvalue weighted by atomic mass is 9.98. The van der Waals surface area contributed by atoms with E-state index in [0.29, 0.717) is 31.7 Å². The smallest absolute Gasteiger partial charge is 0.223 e. The van der Waals surface area contributed by atoms with E-state index in [2.05, 4.69) is 0 Å². The summed E-state index contributed by atoms with van der Waals surface area (Å²) >= 11 is 6.02. The molecule has 6 heteroatoms. The lowest BCUT2D eigenvalue weighted by molar-refractivity contribution is -0.132. The maximum absolute atomic E-state index is 12.6. The summed E-state index contributed by atoms with van der Waals surface area (Å²) in [6.45, 7) is 3.77. The first-order chi connectivity index (χ1) is 13.5. The van der Waals surface area contributed by atoms with E-state index in [1.54, 1.807) is 14.2 Å². The van der Waals surface area contributed by atoms with Crippen LogP contribution >= 0.6 is 11.6 Å². The number of ether oxygens (including phenoxy) is 3. The summed E-state index contributed by atoms with van der Waals surface area (Å²) in [6, 6.07) is 9.57. The molecule has 28 heavy (non-hydrogen) atoms. The predicted molar refractivity (Wildman–Crippen MR) is 110 cm³/mol. The minimum absolute atomic E-state index is 0.149. The van der Waals surface area contributed by atoms with E-state index in [-0.39, 0.29) is 5.91 Å². The molecule has 3 rings (SSSR count). The fourth-order valence-corrected chi connectivity index (χ4v) is 3.49. The highest BCUT2D eigenvalue weighted by molar-refractivity contribution is 6.31. The van der Waals surface area contributed by atoms with Crippen LogP contribution in [0.15, 0.2) is 30.3 Å². The standard InChI is InChI=1S/C22H26ClNO4/c1-15-11-18(6-7-19(15)23)28-10-4-5-22(25)24-9-8-16-12-20(26-2)21(27-3)13-17(16)14-24/h6-7,11-13H,4-5,8-10,14H2,1-3H3. The zero-order valence-electron chi connectivity index (χ0n) is 16.6. The third-order valence-electron chi connectivity index (χ3n) is 5.00. The molecule has 0 N–H and O–H groups in total. The average molecular weight is 404 g/mol. The van der Waals surface area contributed by atoms with Gasteiger partial charge in [0, 0.05) is 24.5 Å². The van der Waals surface area contributed by atoms with Gasteiger partial charge >= 0.3 is 0 Å². The SMILES string of the molecule is COc1cc2c(cc1OC)CN(C(=O)CCCOc1ccc(Cl)c(C)c1)CC2. The second-order valence-electron chi connectivity index (χ2n) is 6.90. The van der Waals surface area contributed by atoms with E-state index in [4.69, 9.17) is 25.8 Å². The number of fused-ring (bicyclic) bond motifs is 1. The van der Waals surface area contributed by atoms with Crippen molar-refractivity contribution in [1.82, 2.24) is 4.90 Å². The summed E-state index contributed by atoms with van der Waals surface area (Å²) in [6.07, 6.45) is 1.97. The summed E-state index contributed by atoms with van der Waals surface area (Å²) < 4.78 is 16.5. The summed E-state index contributed by atoms with van der Waals surface area (Å²) in [7, 11) is 3.26. The monoisotopic (exact) mass is 403 g/mol. The van der Waals surface area contributed by atoms with Crippen LogP contribution in [-0.4, -0.2) is 38.2 Å². The number of benzene rings is 2. The van der Waals surface area contributed by atoms with E-state index < -0.39 is 0 Å². The number of methoxy groups -OCH3 is 2. The van der Waals surface area contributed by atoms with Crippen molar-refractivity contribution in [2.75, 3.05) is 27.4 Å².